The van der Waals surface area contributed by atoms with Crippen LogP contribution in [0.1, 0.15) is 24.0 Å². The van der Waals surface area contributed by atoms with Crippen LogP contribution >= 0.6 is 0 Å². The summed E-state index contributed by atoms with van der Waals surface area (Å²) in [4.78, 5) is 2.39. The normalized spacial score (nSPS) is 26.7. The minimum absolute atomic E-state index is 0.181. The van der Waals surface area contributed by atoms with Gasteiger partial charge in [-0.25, -0.2) is 0 Å². The largest absolute Gasteiger partial charge is 0.377 e. The molecule has 0 unspecified atom stereocenters. The Morgan fingerprint density at radius 1 is 1.35 bits per heavy atom. The van der Waals surface area contributed by atoms with E-state index in [0.717, 1.165) is 44.6 Å². The van der Waals surface area contributed by atoms with Gasteiger partial charge in [-0.2, -0.15) is 10.4 Å². The van der Waals surface area contributed by atoms with Gasteiger partial charge in [-0.15, -0.1) is 0 Å². The van der Waals surface area contributed by atoms with Gasteiger partial charge >= 0.3 is 0 Å². The molecule has 0 aliphatic carbocycles. The van der Waals surface area contributed by atoms with Gasteiger partial charge in [0.15, 0.2) is 0 Å². The number of nitrogens with zero attached hydrogens (tertiary/aromatic N) is 4. The molecule has 2 aliphatic rings. The highest BCUT2D eigenvalue weighted by atomic mass is 16.6. The predicted molar refractivity (Wildman–Crippen MR) is 96.3 cm³/mol. The fourth-order valence-corrected chi connectivity index (χ4v) is 3.98. The van der Waals surface area contributed by atoms with Gasteiger partial charge in [-0.3, -0.25) is 9.58 Å². The molecule has 136 valence electrons. The minimum atomic E-state index is -0.235. The molecule has 6 nitrogen and oxygen atoms in total. The summed E-state index contributed by atoms with van der Waals surface area (Å²) in [6.45, 7) is 4.71. The summed E-state index contributed by atoms with van der Waals surface area (Å²) in [6, 6.07) is 12.0. The van der Waals surface area contributed by atoms with Gasteiger partial charge in [0.25, 0.3) is 0 Å². The molecule has 2 aromatic rings. The summed E-state index contributed by atoms with van der Waals surface area (Å²) in [5.74, 6) is 0. The highest BCUT2D eigenvalue weighted by Crippen LogP contribution is 2.34. The molecule has 2 saturated heterocycles. The molecule has 0 bridgehead atoms. The number of hydrogen-bond donors (Lipinski definition) is 0. The van der Waals surface area contributed by atoms with Crippen LogP contribution in [-0.2, 0) is 22.6 Å². The van der Waals surface area contributed by atoms with Crippen molar-refractivity contribution in [2.75, 3.05) is 26.3 Å². The maximum Gasteiger partial charge on any atom is 0.105 e. The minimum Gasteiger partial charge on any atom is -0.377 e. The quantitative estimate of drug-likeness (QED) is 0.844. The number of nitriles is 1. The summed E-state index contributed by atoms with van der Waals surface area (Å²) in [6.07, 6.45) is 6.00. The van der Waals surface area contributed by atoms with E-state index in [1.807, 2.05) is 35.1 Å². The van der Waals surface area contributed by atoms with E-state index < -0.39 is 0 Å². The van der Waals surface area contributed by atoms with Gasteiger partial charge < -0.3 is 9.47 Å². The first-order chi connectivity index (χ1) is 12.7. The van der Waals surface area contributed by atoms with Gasteiger partial charge in [-0.05, 0) is 36.6 Å². The van der Waals surface area contributed by atoms with E-state index >= 15 is 0 Å². The number of hydrogen-bond acceptors (Lipinski definition) is 5. The van der Waals surface area contributed by atoms with Gasteiger partial charge in [0.05, 0.1) is 37.5 Å². The van der Waals surface area contributed by atoms with Crippen molar-refractivity contribution in [3.8, 4) is 6.07 Å². The zero-order valence-electron chi connectivity index (χ0n) is 14.9. The van der Waals surface area contributed by atoms with Crippen LogP contribution in [-0.4, -0.2) is 52.7 Å². The Kier molecular flexibility index (Phi) is 5.02. The van der Waals surface area contributed by atoms with Crippen LogP contribution < -0.4 is 0 Å². The van der Waals surface area contributed by atoms with E-state index in [-0.39, 0.29) is 11.7 Å². The average molecular weight is 352 g/mol. The van der Waals surface area contributed by atoms with E-state index in [9.17, 15) is 0 Å². The molecule has 0 saturated carbocycles. The molecule has 1 aromatic heterocycles. The third-order valence-corrected chi connectivity index (χ3v) is 5.18. The van der Waals surface area contributed by atoms with Crippen molar-refractivity contribution in [2.24, 2.45) is 0 Å². The zero-order valence-corrected chi connectivity index (χ0v) is 14.9. The highest BCUT2D eigenvalue weighted by Gasteiger charge is 2.43. The van der Waals surface area contributed by atoms with E-state index in [2.05, 4.69) is 22.1 Å². The topological polar surface area (TPSA) is 63.3 Å². The number of benzene rings is 1. The molecule has 6 heteroatoms. The number of aromatic nitrogens is 2. The Hall–Kier alpha value is -2.20. The van der Waals surface area contributed by atoms with Crippen molar-refractivity contribution in [1.82, 2.24) is 14.7 Å². The zero-order chi connectivity index (χ0) is 17.8. The molecule has 26 heavy (non-hydrogen) atoms. The molecular formula is C20H24N4O2. The van der Waals surface area contributed by atoms with Crippen LogP contribution in [0.5, 0.6) is 0 Å². The Labute approximate surface area is 153 Å². The molecule has 4 rings (SSSR count). The lowest BCUT2D eigenvalue weighted by molar-refractivity contribution is -0.0904. The number of ether oxygens (including phenoxy) is 2. The van der Waals surface area contributed by atoms with Crippen molar-refractivity contribution in [1.29, 1.82) is 5.26 Å². The third-order valence-electron chi connectivity index (χ3n) is 5.18. The number of rotatable bonds is 4. The molecule has 2 atom stereocenters. The Bertz CT molecular complexity index is 770. The van der Waals surface area contributed by atoms with E-state index in [1.54, 1.807) is 6.20 Å². The van der Waals surface area contributed by atoms with Crippen molar-refractivity contribution in [3.05, 3.63) is 53.9 Å². The van der Waals surface area contributed by atoms with Crippen LogP contribution in [0.2, 0.25) is 0 Å². The molecule has 1 spiro atoms. The molecule has 2 aliphatic heterocycles. The molecule has 2 fully saturated rings. The molecule has 0 radical (unpaired) electrons. The fourth-order valence-electron chi connectivity index (χ4n) is 3.98. The Balaban J connectivity index is 1.42. The molecule has 0 N–H and O–H groups in total. The van der Waals surface area contributed by atoms with E-state index in [0.29, 0.717) is 18.8 Å². The average Bonchev–Trinajstić information content (AvgIpc) is 3.25. The predicted octanol–water partition coefficient (Wildman–Crippen LogP) is 2.20. The third kappa shape index (κ3) is 3.96. The van der Waals surface area contributed by atoms with Crippen LogP contribution in [0.25, 0.3) is 0 Å². The fraction of sp³-hybridized carbons (Fsp3) is 0.500. The van der Waals surface area contributed by atoms with Crippen LogP contribution in [0.3, 0.4) is 0 Å². The van der Waals surface area contributed by atoms with Crippen molar-refractivity contribution >= 4 is 0 Å². The van der Waals surface area contributed by atoms with Gasteiger partial charge in [0.1, 0.15) is 5.60 Å². The van der Waals surface area contributed by atoms with Crippen LogP contribution in [0.4, 0.5) is 0 Å². The van der Waals surface area contributed by atoms with Crippen LogP contribution in [0.15, 0.2) is 42.7 Å². The Morgan fingerprint density at radius 3 is 3.15 bits per heavy atom. The van der Waals surface area contributed by atoms with Crippen molar-refractivity contribution in [3.63, 3.8) is 0 Å². The van der Waals surface area contributed by atoms with E-state index in [1.165, 1.54) is 0 Å². The Morgan fingerprint density at radius 2 is 2.31 bits per heavy atom. The molecule has 1 aromatic carbocycles. The molecule has 3 heterocycles. The first kappa shape index (κ1) is 17.2. The second-order valence-corrected chi connectivity index (χ2v) is 7.27. The highest BCUT2D eigenvalue weighted by molar-refractivity contribution is 5.32. The first-order valence-electron chi connectivity index (χ1n) is 9.19. The lowest BCUT2D eigenvalue weighted by atomic mass is 9.99. The SMILES string of the molecule is N#Cc1cccc(CN2CCOC[C@]3(CC[C@@H](Cn4cccn4)O3)C2)c1. The van der Waals surface area contributed by atoms with Crippen LogP contribution in [0, 0.1) is 11.3 Å². The van der Waals surface area contributed by atoms with E-state index in [4.69, 9.17) is 14.7 Å². The summed E-state index contributed by atoms with van der Waals surface area (Å²) < 4.78 is 14.3. The lowest BCUT2D eigenvalue weighted by Gasteiger charge is -2.32. The maximum atomic E-state index is 9.10. The smallest absolute Gasteiger partial charge is 0.105 e. The van der Waals surface area contributed by atoms with Gasteiger partial charge in [-0.1, -0.05) is 12.1 Å². The first-order valence-corrected chi connectivity index (χ1v) is 9.19. The molecule has 0 amide bonds. The summed E-state index contributed by atoms with van der Waals surface area (Å²) >= 11 is 0. The summed E-state index contributed by atoms with van der Waals surface area (Å²) in [7, 11) is 0. The second kappa shape index (κ2) is 7.58. The lowest BCUT2D eigenvalue weighted by Crippen LogP contribution is -2.44. The standard InChI is InChI=1S/C20H24N4O2/c21-12-17-3-1-4-18(11-17)13-23-9-10-25-16-20(15-23)6-5-19(26-20)14-24-8-2-7-22-24/h1-4,7-8,11,19H,5-6,9-10,13-16H2/t19-,20-/m0/s1. The summed E-state index contributed by atoms with van der Waals surface area (Å²) in [5, 5.41) is 13.4. The molecular weight excluding hydrogens is 328 g/mol. The van der Waals surface area contributed by atoms with Crippen molar-refractivity contribution < 1.29 is 9.47 Å². The maximum absolute atomic E-state index is 9.10. The summed E-state index contributed by atoms with van der Waals surface area (Å²) in [5.41, 5.74) is 1.63. The second-order valence-electron chi connectivity index (χ2n) is 7.27. The monoisotopic (exact) mass is 352 g/mol. The van der Waals surface area contributed by atoms with Gasteiger partial charge in [0, 0.05) is 32.0 Å². The van der Waals surface area contributed by atoms with Crippen molar-refractivity contribution in [2.45, 2.75) is 37.6 Å². The van der Waals surface area contributed by atoms with Gasteiger partial charge in [0.2, 0.25) is 0 Å².